The van der Waals surface area contributed by atoms with Gasteiger partial charge in [0.25, 0.3) is 0 Å². The molecule has 0 saturated carbocycles. The number of rotatable bonds is 4. The van der Waals surface area contributed by atoms with Crippen molar-refractivity contribution in [2.45, 2.75) is 17.9 Å². The molecule has 0 radical (unpaired) electrons. The fourth-order valence-corrected chi connectivity index (χ4v) is 4.78. The maximum atomic E-state index is 12.4. The zero-order valence-electron chi connectivity index (χ0n) is 9.62. The van der Waals surface area contributed by atoms with Crippen molar-refractivity contribution in [3.05, 3.63) is 26.7 Å². The minimum atomic E-state index is -3.76. The smallest absolute Gasteiger partial charge is 0.207 e. The summed E-state index contributed by atoms with van der Waals surface area (Å²) in [5, 5.41) is 0.144. The van der Waals surface area contributed by atoms with Crippen molar-refractivity contribution in [2.24, 2.45) is 0 Å². The number of halogens is 4. The topological polar surface area (TPSA) is 37.4 Å². The molecule has 1 rings (SSSR count). The van der Waals surface area contributed by atoms with Gasteiger partial charge in [-0.05, 0) is 19.1 Å². The number of benzene rings is 1. The molecule has 0 saturated heterocycles. The van der Waals surface area contributed by atoms with E-state index < -0.39 is 10.0 Å². The number of hydrogen-bond acceptors (Lipinski definition) is 2. The molecule has 3 nitrogen and oxygen atoms in total. The van der Waals surface area contributed by atoms with Crippen LogP contribution < -0.4 is 0 Å². The number of alkyl halides is 1. The number of sulfonamides is 1. The van der Waals surface area contributed by atoms with E-state index in [1.165, 1.54) is 19.2 Å². The van der Waals surface area contributed by atoms with Gasteiger partial charge in [-0.2, -0.15) is 4.31 Å². The molecule has 0 N–H and O–H groups in total. The second-order valence-corrected chi connectivity index (χ2v) is 7.70. The van der Waals surface area contributed by atoms with Gasteiger partial charge in [-0.25, -0.2) is 8.42 Å². The van der Waals surface area contributed by atoms with E-state index >= 15 is 0 Å². The third-order valence-electron chi connectivity index (χ3n) is 2.44. The van der Waals surface area contributed by atoms with Gasteiger partial charge in [0.05, 0.1) is 10.0 Å². The first-order valence-corrected chi connectivity index (χ1v) is 8.42. The lowest BCUT2D eigenvalue weighted by molar-refractivity contribution is 0.413. The van der Waals surface area contributed by atoms with Crippen LogP contribution in [-0.4, -0.2) is 31.7 Å². The summed E-state index contributed by atoms with van der Waals surface area (Å²) >= 11 is 20.8. The van der Waals surface area contributed by atoms with Gasteiger partial charge in [0.1, 0.15) is 4.90 Å². The monoisotopic (exact) mass is 393 g/mol. The highest BCUT2D eigenvalue weighted by Gasteiger charge is 2.29. The first kappa shape index (κ1) is 16.5. The Morgan fingerprint density at radius 1 is 1.33 bits per heavy atom. The molecule has 0 amide bonds. The average molecular weight is 396 g/mol. The Balaban J connectivity index is 3.38. The van der Waals surface area contributed by atoms with Crippen LogP contribution in [0.1, 0.15) is 6.92 Å². The van der Waals surface area contributed by atoms with Gasteiger partial charge >= 0.3 is 0 Å². The molecular weight excluding hydrogens is 384 g/mol. The van der Waals surface area contributed by atoms with E-state index in [2.05, 4.69) is 15.9 Å². The molecule has 0 aromatic heterocycles. The predicted octanol–water partition coefficient (Wildman–Crippen LogP) is 4.00. The van der Waals surface area contributed by atoms with E-state index in [4.69, 9.17) is 34.8 Å². The van der Waals surface area contributed by atoms with Gasteiger partial charge in [0, 0.05) is 23.4 Å². The van der Waals surface area contributed by atoms with Crippen molar-refractivity contribution >= 4 is 60.8 Å². The fraction of sp³-hybridized carbons (Fsp3) is 0.400. The number of hydrogen-bond donors (Lipinski definition) is 0. The molecule has 102 valence electrons. The van der Waals surface area contributed by atoms with Crippen LogP contribution in [-0.2, 0) is 10.0 Å². The third kappa shape index (κ3) is 3.32. The van der Waals surface area contributed by atoms with Gasteiger partial charge in [0.2, 0.25) is 10.0 Å². The summed E-state index contributed by atoms with van der Waals surface area (Å²) < 4.78 is 26.5. The lowest BCUT2D eigenvalue weighted by atomic mass is 10.4. The van der Waals surface area contributed by atoms with Crippen LogP contribution in [0.3, 0.4) is 0 Å². The van der Waals surface area contributed by atoms with Crippen molar-refractivity contribution in [3.8, 4) is 0 Å². The molecule has 0 fully saturated rings. The van der Waals surface area contributed by atoms with E-state index in [9.17, 15) is 8.42 Å². The van der Waals surface area contributed by atoms with Crippen molar-refractivity contribution in [1.82, 2.24) is 4.31 Å². The predicted molar refractivity (Wildman–Crippen MR) is 79.3 cm³/mol. The standard InChI is InChI=1S/C10H11BrCl3NO2S/c1-6(5-12)15(2)18(16,17)10-8(13)3-7(11)4-9(10)14/h3-4,6H,5H2,1-2H3. The molecule has 0 heterocycles. The van der Waals surface area contributed by atoms with Crippen LogP contribution in [0.2, 0.25) is 10.0 Å². The van der Waals surface area contributed by atoms with Crippen LogP contribution in [0, 0.1) is 0 Å². The summed E-state index contributed by atoms with van der Waals surface area (Å²) in [6, 6.07) is 2.62. The maximum absolute atomic E-state index is 12.4. The van der Waals surface area contributed by atoms with Crippen LogP contribution in [0.5, 0.6) is 0 Å². The molecule has 0 spiro atoms. The van der Waals surface area contributed by atoms with E-state index in [1.54, 1.807) is 6.92 Å². The highest BCUT2D eigenvalue weighted by Crippen LogP contribution is 2.34. The Kier molecular flexibility index (Phi) is 5.77. The quantitative estimate of drug-likeness (QED) is 0.723. The molecule has 1 aromatic rings. The average Bonchev–Trinajstić information content (AvgIpc) is 2.24. The van der Waals surface area contributed by atoms with E-state index in [1.807, 2.05) is 0 Å². The van der Waals surface area contributed by atoms with E-state index in [-0.39, 0.29) is 26.9 Å². The fourth-order valence-electron chi connectivity index (χ4n) is 1.25. The van der Waals surface area contributed by atoms with Crippen LogP contribution in [0.4, 0.5) is 0 Å². The summed E-state index contributed by atoms with van der Waals surface area (Å²) in [6.45, 7) is 1.70. The van der Waals surface area contributed by atoms with Crippen molar-refractivity contribution < 1.29 is 8.42 Å². The zero-order chi connectivity index (χ0) is 14.1. The Labute approximate surface area is 130 Å². The van der Waals surface area contributed by atoms with Crippen molar-refractivity contribution in [3.63, 3.8) is 0 Å². The zero-order valence-corrected chi connectivity index (χ0v) is 14.3. The Morgan fingerprint density at radius 2 is 1.78 bits per heavy atom. The van der Waals surface area contributed by atoms with Crippen LogP contribution in [0.25, 0.3) is 0 Å². The summed E-state index contributed by atoms with van der Waals surface area (Å²) in [7, 11) is -2.32. The highest BCUT2D eigenvalue weighted by atomic mass is 79.9. The Morgan fingerprint density at radius 3 is 2.17 bits per heavy atom. The second-order valence-electron chi connectivity index (χ2n) is 3.72. The van der Waals surface area contributed by atoms with Gasteiger partial charge < -0.3 is 0 Å². The molecule has 0 aliphatic carbocycles. The normalized spacial score (nSPS) is 13.9. The van der Waals surface area contributed by atoms with Gasteiger partial charge in [0.15, 0.2) is 0 Å². The molecule has 8 heteroatoms. The summed E-state index contributed by atoms with van der Waals surface area (Å²) in [5.41, 5.74) is 0. The van der Waals surface area contributed by atoms with Gasteiger partial charge in [-0.1, -0.05) is 39.1 Å². The SMILES string of the molecule is CC(CCl)N(C)S(=O)(=O)c1c(Cl)cc(Br)cc1Cl. The molecule has 1 unspecified atom stereocenters. The number of nitrogens with zero attached hydrogens (tertiary/aromatic N) is 1. The Hall–Kier alpha value is 0.480. The van der Waals surface area contributed by atoms with Gasteiger partial charge in [-0.3, -0.25) is 0 Å². The third-order valence-corrected chi connectivity index (χ3v) is 6.24. The van der Waals surface area contributed by atoms with Gasteiger partial charge in [-0.15, -0.1) is 11.6 Å². The molecule has 0 aliphatic heterocycles. The van der Waals surface area contributed by atoms with Crippen LogP contribution >= 0.6 is 50.7 Å². The molecule has 0 aliphatic rings. The summed E-state index contributed by atoms with van der Waals surface area (Å²) in [4.78, 5) is -0.103. The lowest BCUT2D eigenvalue weighted by Gasteiger charge is -2.23. The second kappa shape index (κ2) is 6.29. The van der Waals surface area contributed by atoms with E-state index in [0.717, 1.165) is 4.31 Å². The summed E-state index contributed by atoms with van der Waals surface area (Å²) in [5.74, 6) is 0.182. The first-order chi connectivity index (χ1) is 8.21. The maximum Gasteiger partial charge on any atom is 0.246 e. The van der Waals surface area contributed by atoms with Crippen molar-refractivity contribution in [1.29, 1.82) is 0 Å². The van der Waals surface area contributed by atoms with Crippen LogP contribution in [0.15, 0.2) is 21.5 Å². The molecule has 1 atom stereocenters. The minimum absolute atomic E-state index is 0.0722. The summed E-state index contributed by atoms with van der Waals surface area (Å²) in [6.07, 6.45) is 0. The molecular formula is C10H11BrCl3NO2S. The molecule has 0 bridgehead atoms. The highest BCUT2D eigenvalue weighted by molar-refractivity contribution is 9.10. The molecule has 18 heavy (non-hydrogen) atoms. The van der Waals surface area contributed by atoms with E-state index in [0.29, 0.717) is 4.47 Å². The first-order valence-electron chi connectivity index (χ1n) is 4.90. The Bertz CT molecular complexity index is 527. The lowest BCUT2D eigenvalue weighted by Crippen LogP contribution is -2.36. The minimum Gasteiger partial charge on any atom is -0.207 e. The van der Waals surface area contributed by atoms with Crippen molar-refractivity contribution in [2.75, 3.05) is 12.9 Å². The molecule has 1 aromatic carbocycles. The largest absolute Gasteiger partial charge is 0.246 e.